The first-order valence-corrected chi connectivity index (χ1v) is 8.36. The van der Waals surface area contributed by atoms with Crippen LogP contribution in [0.5, 0.6) is 0 Å². The van der Waals surface area contributed by atoms with Crippen LogP contribution in [0.15, 0.2) is 24.3 Å². The van der Waals surface area contributed by atoms with Crippen LogP contribution in [0.4, 0.5) is 0 Å². The molecule has 1 aromatic rings. The lowest BCUT2D eigenvalue weighted by atomic mass is 9.77. The second-order valence-electron chi connectivity index (χ2n) is 6.29. The van der Waals surface area contributed by atoms with Gasteiger partial charge in [0.05, 0.1) is 5.41 Å². The van der Waals surface area contributed by atoms with Gasteiger partial charge in [0.1, 0.15) is 0 Å². The fraction of sp³-hybridized carbons (Fsp3) is 0.588. The summed E-state index contributed by atoms with van der Waals surface area (Å²) in [6.07, 6.45) is 6.21. The Hall–Kier alpha value is -1.06. The Kier molecular flexibility index (Phi) is 4.51. The summed E-state index contributed by atoms with van der Waals surface area (Å²) in [6.45, 7) is 2.00. The van der Waals surface area contributed by atoms with Gasteiger partial charge in [-0.3, -0.25) is 4.79 Å². The zero-order chi connectivity index (χ0) is 14.7. The molecule has 3 rings (SSSR count). The molecule has 2 N–H and O–H groups in total. The van der Waals surface area contributed by atoms with Gasteiger partial charge in [-0.2, -0.15) is 0 Å². The molecule has 3 nitrogen and oxygen atoms in total. The van der Waals surface area contributed by atoms with E-state index < -0.39 is 0 Å². The lowest BCUT2D eigenvalue weighted by Gasteiger charge is -2.32. The number of carbonyl (C=O) groups excluding carboxylic acids is 1. The molecule has 2 aliphatic rings. The van der Waals surface area contributed by atoms with E-state index in [0.717, 1.165) is 62.2 Å². The molecule has 1 aliphatic heterocycles. The molecule has 1 amide bonds. The van der Waals surface area contributed by atoms with E-state index in [2.05, 4.69) is 10.6 Å². The maximum atomic E-state index is 13.0. The number of benzene rings is 1. The Balaban J connectivity index is 1.79. The van der Waals surface area contributed by atoms with Crippen LogP contribution in [0.25, 0.3) is 0 Å². The van der Waals surface area contributed by atoms with E-state index in [0.29, 0.717) is 6.04 Å². The molecule has 1 saturated carbocycles. The van der Waals surface area contributed by atoms with E-state index >= 15 is 0 Å². The standard InChI is InChI=1S/C17H23ClN2O/c18-14-5-3-13(4-6-14)17(9-1-2-10-17)16(21)20-15-7-11-19-12-8-15/h3-6,15,19H,1-2,7-12H2,(H,20,21). The topological polar surface area (TPSA) is 41.1 Å². The lowest BCUT2D eigenvalue weighted by molar-refractivity contribution is -0.127. The van der Waals surface area contributed by atoms with Gasteiger partial charge in [-0.25, -0.2) is 0 Å². The molecule has 2 fully saturated rings. The van der Waals surface area contributed by atoms with Crippen LogP contribution in [0.1, 0.15) is 44.1 Å². The van der Waals surface area contributed by atoms with Crippen molar-refractivity contribution in [2.45, 2.75) is 50.0 Å². The highest BCUT2D eigenvalue weighted by Crippen LogP contribution is 2.41. The van der Waals surface area contributed by atoms with Gasteiger partial charge in [-0.05, 0) is 56.5 Å². The summed E-state index contributed by atoms with van der Waals surface area (Å²) in [7, 11) is 0. The van der Waals surface area contributed by atoms with Crippen molar-refractivity contribution in [3.63, 3.8) is 0 Å². The molecule has 1 aromatic carbocycles. The number of amides is 1. The third-order valence-corrected chi connectivity index (χ3v) is 5.21. The van der Waals surface area contributed by atoms with Crippen molar-refractivity contribution >= 4 is 17.5 Å². The second kappa shape index (κ2) is 6.37. The summed E-state index contributed by atoms with van der Waals surface area (Å²) < 4.78 is 0. The van der Waals surface area contributed by atoms with Crippen LogP contribution < -0.4 is 10.6 Å². The highest BCUT2D eigenvalue weighted by molar-refractivity contribution is 6.30. The summed E-state index contributed by atoms with van der Waals surface area (Å²) in [5, 5.41) is 7.37. The van der Waals surface area contributed by atoms with E-state index in [4.69, 9.17) is 11.6 Å². The molecule has 1 saturated heterocycles. The highest BCUT2D eigenvalue weighted by atomic mass is 35.5. The molecule has 0 aromatic heterocycles. The highest BCUT2D eigenvalue weighted by Gasteiger charge is 2.43. The van der Waals surface area contributed by atoms with E-state index in [-0.39, 0.29) is 11.3 Å². The summed E-state index contributed by atoms with van der Waals surface area (Å²) in [5.74, 6) is 0.217. The number of carbonyl (C=O) groups is 1. The summed E-state index contributed by atoms with van der Waals surface area (Å²) >= 11 is 5.99. The predicted molar refractivity (Wildman–Crippen MR) is 85.6 cm³/mol. The normalized spacial score (nSPS) is 22.1. The molecular weight excluding hydrogens is 284 g/mol. The van der Waals surface area contributed by atoms with Gasteiger partial charge >= 0.3 is 0 Å². The predicted octanol–water partition coefficient (Wildman–Crippen LogP) is 3.02. The van der Waals surface area contributed by atoms with Crippen LogP contribution >= 0.6 is 11.6 Å². The number of hydrogen-bond acceptors (Lipinski definition) is 2. The average Bonchev–Trinajstić information content (AvgIpc) is 3.00. The molecule has 1 aliphatic carbocycles. The molecule has 0 spiro atoms. The number of halogens is 1. The minimum atomic E-state index is -0.338. The van der Waals surface area contributed by atoms with Gasteiger partial charge in [-0.1, -0.05) is 36.6 Å². The van der Waals surface area contributed by atoms with Crippen molar-refractivity contribution in [2.24, 2.45) is 0 Å². The largest absolute Gasteiger partial charge is 0.353 e. The SMILES string of the molecule is O=C(NC1CCNCC1)C1(c2ccc(Cl)cc2)CCCC1. The van der Waals surface area contributed by atoms with Gasteiger partial charge in [0, 0.05) is 11.1 Å². The van der Waals surface area contributed by atoms with Crippen LogP contribution in [0.3, 0.4) is 0 Å². The molecule has 0 bridgehead atoms. The molecule has 1 heterocycles. The first-order chi connectivity index (χ1) is 10.2. The quantitative estimate of drug-likeness (QED) is 0.901. The average molecular weight is 307 g/mol. The van der Waals surface area contributed by atoms with Crippen molar-refractivity contribution in [3.8, 4) is 0 Å². The molecule has 21 heavy (non-hydrogen) atoms. The van der Waals surface area contributed by atoms with Crippen molar-refractivity contribution in [1.82, 2.24) is 10.6 Å². The van der Waals surface area contributed by atoms with Gasteiger partial charge in [-0.15, -0.1) is 0 Å². The van der Waals surface area contributed by atoms with Gasteiger partial charge in [0.2, 0.25) is 5.91 Å². The Bertz CT molecular complexity index is 488. The molecule has 114 valence electrons. The molecule has 0 unspecified atom stereocenters. The Morgan fingerprint density at radius 3 is 2.38 bits per heavy atom. The first kappa shape index (κ1) is 14.9. The fourth-order valence-electron chi connectivity index (χ4n) is 3.68. The number of hydrogen-bond donors (Lipinski definition) is 2. The summed E-state index contributed by atoms with van der Waals surface area (Å²) in [6, 6.07) is 8.16. The van der Waals surface area contributed by atoms with E-state index in [1.807, 2.05) is 24.3 Å². The second-order valence-corrected chi connectivity index (χ2v) is 6.73. The van der Waals surface area contributed by atoms with E-state index in [1.165, 1.54) is 0 Å². The zero-order valence-electron chi connectivity index (χ0n) is 12.3. The summed E-state index contributed by atoms with van der Waals surface area (Å²) in [5.41, 5.74) is 0.783. The third kappa shape index (κ3) is 3.09. The van der Waals surface area contributed by atoms with Crippen molar-refractivity contribution in [2.75, 3.05) is 13.1 Å². The number of rotatable bonds is 3. The van der Waals surface area contributed by atoms with Crippen molar-refractivity contribution in [3.05, 3.63) is 34.9 Å². The Morgan fingerprint density at radius 2 is 1.76 bits per heavy atom. The minimum absolute atomic E-state index is 0.217. The van der Waals surface area contributed by atoms with E-state index in [9.17, 15) is 4.79 Å². The molecule has 0 atom stereocenters. The van der Waals surface area contributed by atoms with Crippen LogP contribution in [0, 0.1) is 0 Å². The van der Waals surface area contributed by atoms with Crippen LogP contribution in [-0.2, 0) is 10.2 Å². The van der Waals surface area contributed by atoms with Crippen LogP contribution in [0.2, 0.25) is 5.02 Å². The summed E-state index contributed by atoms with van der Waals surface area (Å²) in [4.78, 5) is 13.0. The van der Waals surface area contributed by atoms with Gasteiger partial charge in [0.25, 0.3) is 0 Å². The lowest BCUT2D eigenvalue weighted by Crippen LogP contribution is -2.50. The fourth-order valence-corrected chi connectivity index (χ4v) is 3.81. The first-order valence-electron chi connectivity index (χ1n) is 7.98. The number of nitrogens with one attached hydrogen (secondary N) is 2. The molecular formula is C17H23ClN2O. The third-order valence-electron chi connectivity index (χ3n) is 4.96. The van der Waals surface area contributed by atoms with E-state index in [1.54, 1.807) is 0 Å². The maximum absolute atomic E-state index is 13.0. The monoisotopic (exact) mass is 306 g/mol. The maximum Gasteiger partial charge on any atom is 0.230 e. The zero-order valence-corrected chi connectivity index (χ0v) is 13.1. The molecule has 0 radical (unpaired) electrons. The van der Waals surface area contributed by atoms with Gasteiger partial charge < -0.3 is 10.6 Å². The number of piperidine rings is 1. The Labute approximate surface area is 131 Å². The van der Waals surface area contributed by atoms with Crippen LogP contribution in [-0.4, -0.2) is 25.0 Å². The van der Waals surface area contributed by atoms with Gasteiger partial charge in [0.15, 0.2) is 0 Å². The minimum Gasteiger partial charge on any atom is -0.353 e. The molecule has 4 heteroatoms. The Morgan fingerprint density at radius 1 is 1.14 bits per heavy atom. The smallest absolute Gasteiger partial charge is 0.230 e. The van der Waals surface area contributed by atoms with Crippen molar-refractivity contribution in [1.29, 1.82) is 0 Å². The van der Waals surface area contributed by atoms with Crippen molar-refractivity contribution < 1.29 is 4.79 Å².